The molecule has 2 nitrogen and oxygen atoms in total. The average molecular weight is 402 g/mol. The lowest BCUT2D eigenvalue weighted by atomic mass is 9.94. The largest absolute Gasteiger partial charge is 0.323 e. The molecular formula is C26H22F2NO+. The van der Waals surface area contributed by atoms with Crippen molar-refractivity contribution in [3.63, 3.8) is 0 Å². The molecule has 1 aliphatic heterocycles. The van der Waals surface area contributed by atoms with Crippen LogP contribution in [0.25, 0.3) is 12.2 Å². The summed E-state index contributed by atoms with van der Waals surface area (Å²) in [4.78, 5) is 14.4. The first-order valence-electron chi connectivity index (χ1n) is 9.91. The molecule has 1 N–H and O–H groups in total. The van der Waals surface area contributed by atoms with E-state index in [1.54, 1.807) is 36.4 Å². The summed E-state index contributed by atoms with van der Waals surface area (Å²) in [6, 6.07) is 22.5. The SMILES string of the molecule is O=C1/C(=C\c2cccc(F)c2)C[NH+](Cc2ccccc2)C/C1=C\c1cccc(F)c1. The van der Waals surface area contributed by atoms with Gasteiger partial charge >= 0.3 is 0 Å². The first kappa shape index (κ1) is 19.9. The summed E-state index contributed by atoms with van der Waals surface area (Å²) in [5.41, 5.74) is 3.74. The summed E-state index contributed by atoms with van der Waals surface area (Å²) in [5, 5.41) is 0. The number of hydrogen-bond donors (Lipinski definition) is 1. The molecule has 1 saturated heterocycles. The molecule has 3 aromatic rings. The molecule has 0 bridgehead atoms. The van der Waals surface area contributed by atoms with E-state index >= 15 is 0 Å². The number of halogens is 2. The molecule has 1 unspecified atom stereocenters. The van der Waals surface area contributed by atoms with Crippen LogP contribution in [0.4, 0.5) is 8.78 Å². The van der Waals surface area contributed by atoms with Gasteiger partial charge in [0.05, 0.1) is 11.1 Å². The van der Waals surface area contributed by atoms with Gasteiger partial charge in [0.1, 0.15) is 31.3 Å². The molecule has 0 aliphatic carbocycles. The van der Waals surface area contributed by atoms with E-state index in [-0.39, 0.29) is 17.4 Å². The van der Waals surface area contributed by atoms with Gasteiger partial charge in [0, 0.05) is 5.56 Å². The molecule has 0 aromatic heterocycles. The van der Waals surface area contributed by atoms with Crippen LogP contribution >= 0.6 is 0 Å². The number of benzene rings is 3. The van der Waals surface area contributed by atoms with Crippen molar-refractivity contribution >= 4 is 17.9 Å². The van der Waals surface area contributed by atoms with Gasteiger partial charge < -0.3 is 4.90 Å². The Hall–Kier alpha value is -3.37. The molecule has 0 saturated carbocycles. The van der Waals surface area contributed by atoms with E-state index < -0.39 is 0 Å². The number of carbonyl (C=O) groups excluding carboxylic acids is 1. The lowest BCUT2D eigenvalue weighted by Crippen LogP contribution is -3.12. The maximum Gasteiger partial charge on any atom is 0.196 e. The van der Waals surface area contributed by atoms with Crippen LogP contribution in [0.2, 0.25) is 0 Å². The van der Waals surface area contributed by atoms with Crippen molar-refractivity contribution in [2.75, 3.05) is 13.1 Å². The predicted molar refractivity (Wildman–Crippen MR) is 115 cm³/mol. The zero-order valence-electron chi connectivity index (χ0n) is 16.4. The number of Topliss-reactive ketones (excluding diaryl/α,β-unsaturated/α-hetero) is 1. The Morgan fingerprint density at radius 3 is 1.77 bits per heavy atom. The number of nitrogens with one attached hydrogen (secondary N) is 1. The molecule has 150 valence electrons. The number of piperidine rings is 1. The van der Waals surface area contributed by atoms with Crippen molar-refractivity contribution in [2.45, 2.75) is 6.54 Å². The maximum atomic E-state index is 13.6. The molecule has 1 fully saturated rings. The van der Waals surface area contributed by atoms with Crippen LogP contribution in [0.15, 0.2) is 90.0 Å². The Labute approximate surface area is 174 Å². The molecule has 3 aromatic carbocycles. The maximum absolute atomic E-state index is 13.6. The van der Waals surface area contributed by atoms with Crippen molar-refractivity contribution in [2.24, 2.45) is 0 Å². The summed E-state index contributed by atoms with van der Waals surface area (Å²) >= 11 is 0. The number of rotatable bonds is 4. The fourth-order valence-corrected chi connectivity index (χ4v) is 3.81. The highest BCUT2D eigenvalue weighted by Crippen LogP contribution is 2.17. The lowest BCUT2D eigenvalue weighted by Gasteiger charge is -2.27. The Kier molecular flexibility index (Phi) is 5.96. The third-order valence-electron chi connectivity index (χ3n) is 5.14. The molecule has 0 radical (unpaired) electrons. The standard InChI is InChI=1S/C26H21F2NO/c27-24-10-4-8-20(14-24)12-22-17-29(16-19-6-2-1-3-7-19)18-23(26(22)30)13-21-9-5-11-25(28)15-21/h1-15H,16-18H2/p+1/b22-12-,23-13+. The highest BCUT2D eigenvalue weighted by molar-refractivity contribution is 6.14. The molecule has 0 spiro atoms. The third-order valence-corrected chi connectivity index (χ3v) is 5.14. The van der Waals surface area contributed by atoms with E-state index in [1.807, 2.05) is 18.2 Å². The van der Waals surface area contributed by atoms with Gasteiger partial charge in [0.25, 0.3) is 0 Å². The molecule has 4 rings (SSSR count). The minimum atomic E-state index is -0.336. The minimum Gasteiger partial charge on any atom is -0.323 e. The van der Waals surface area contributed by atoms with Crippen molar-refractivity contribution in [3.05, 3.63) is 118 Å². The summed E-state index contributed by atoms with van der Waals surface area (Å²) in [6.45, 7) is 1.85. The van der Waals surface area contributed by atoms with Crippen molar-refractivity contribution in [1.29, 1.82) is 0 Å². The lowest BCUT2D eigenvalue weighted by molar-refractivity contribution is -0.904. The zero-order valence-corrected chi connectivity index (χ0v) is 16.4. The predicted octanol–water partition coefficient (Wildman–Crippen LogP) is 4.10. The second-order valence-corrected chi connectivity index (χ2v) is 7.54. The van der Waals surface area contributed by atoms with E-state index in [1.165, 1.54) is 34.7 Å². The minimum absolute atomic E-state index is 0.0691. The van der Waals surface area contributed by atoms with Crippen LogP contribution in [-0.2, 0) is 11.3 Å². The Balaban J connectivity index is 1.69. The topological polar surface area (TPSA) is 21.5 Å². The van der Waals surface area contributed by atoms with Gasteiger partial charge in [-0.3, -0.25) is 4.79 Å². The van der Waals surface area contributed by atoms with E-state index in [9.17, 15) is 13.6 Å². The molecule has 1 aliphatic rings. The second-order valence-electron chi connectivity index (χ2n) is 7.54. The normalized spacial score (nSPS) is 19.4. The Morgan fingerprint density at radius 2 is 1.27 bits per heavy atom. The van der Waals surface area contributed by atoms with E-state index in [0.717, 1.165) is 6.54 Å². The molecule has 1 atom stereocenters. The van der Waals surface area contributed by atoms with Crippen molar-refractivity contribution in [1.82, 2.24) is 0 Å². The number of likely N-dealkylation sites (tertiary alicyclic amines) is 1. The third kappa shape index (κ3) is 4.97. The zero-order chi connectivity index (χ0) is 20.9. The van der Waals surface area contributed by atoms with Gasteiger partial charge in [-0.15, -0.1) is 0 Å². The fourth-order valence-electron chi connectivity index (χ4n) is 3.81. The van der Waals surface area contributed by atoms with Gasteiger partial charge in [0.15, 0.2) is 5.78 Å². The highest BCUT2D eigenvalue weighted by Gasteiger charge is 2.29. The highest BCUT2D eigenvalue weighted by atomic mass is 19.1. The molecule has 0 amide bonds. The molecular weight excluding hydrogens is 380 g/mol. The molecule has 4 heteroatoms. The van der Waals surface area contributed by atoms with E-state index in [4.69, 9.17) is 0 Å². The number of ketones is 1. The van der Waals surface area contributed by atoms with E-state index in [2.05, 4.69) is 12.1 Å². The monoisotopic (exact) mass is 402 g/mol. The summed E-state index contributed by atoms with van der Waals surface area (Å²) in [6.07, 6.45) is 3.52. The number of carbonyl (C=O) groups is 1. The Bertz CT molecular complexity index is 1050. The van der Waals surface area contributed by atoms with Crippen LogP contribution in [0.1, 0.15) is 16.7 Å². The van der Waals surface area contributed by atoms with Gasteiger partial charge in [-0.05, 0) is 47.5 Å². The first-order valence-corrected chi connectivity index (χ1v) is 9.91. The fraction of sp³-hybridized carbons (Fsp3) is 0.115. The summed E-state index contributed by atoms with van der Waals surface area (Å²) < 4.78 is 27.2. The van der Waals surface area contributed by atoms with Gasteiger partial charge in [-0.1, -0.05) is 54.6 Å². The van der Waals surface area contributed by atoms with Crippen LogP contribution in [0.5, 0.6) is 0 Å². The Morgan fingerprint density at radius 1 is 0.733 bits per heavy atom. The van der Waals surface area contributed by atoms with Crippen LogP contribution in [-0.4, -0.2) is 18.9 Å². The molecule has 30 heavy (non-hydrogen) atoms. The number of hydrogen-bond acceptors (Lipinski definition) is 1. The van der Waals surface area contributed by atoms with Crippen LogP contribution in [0.3, 0.4) is 0 Å². The van der Waals surface area contributed by atoms with E-state index in [0.29, 0.717) is 35.4 Å². The average Bonchev–Trinajstić information content (AvgIpc) is 2.72. The van der Waals surface area contributed by atoms with Gasteiger partial charge in [-0.25, -0.2) is 8.78 Å². The van der Waals surface area contributed by atoms with Crippen molar-refractivity contribution in [3.8, 4) is 0 Å². The molecule has 1 heterocycles. The van der Waals surface area contributed by atoms with Gasteiger partial charge in [-0.2, -0.15) is 0 Å². The van der Waals surface area contributed by atoms with Crippen LogP contribution < -0.4 is 4.90 Å². The smallest absolute Gasteiger partial charge is 0.196 e. The number of quaternary nitrogens is 1. The van der Waals surface area contributed by atoms with Gasteiger partial charge in [0.2, 0.25) is 0 Å². The van der Waals surface area contributed by atoms with Crippen molar-refractivity contribution < 1.29 is 18.5 Å². The quantitative estimate of drug-likeness (QED) is 0.652. The summed E-state index contributed by atoms with van der Waals surface area (Å²) in [5.74, 6) is -0.742. The summed E-state index contributed by atoms with van der Waals surface area (Å²) in [7, 11) is 0. The first-order chi connectivity index (χ1) is 14.6. The second kappa shape index (κ2) is 8.97. The van der Waals surface area contributed by atoms with Crippen LogP contribution in [0, 0.1) is 11.6 Å².